The zero-order valence-corrected chi connectivity index (χ0v) is 9.77. The summed E-state index contributed by atoms with van der Waals surface area (Å²) in [6.45, 7) is 5.14. The van der Waals surface area contributed by atoms with Gasteiger partial charge in [0.05, 0.1) is 6.61 Å². The molecule has 1 N–H and O–H groups in total. The Hall–Kier alpha value is -0.360. The number of ether oxygens (including phenoxy) is 1. The van der Waals surface area contributed by atoms with Gasteiger partial charge in [-0.1, -0.05) is 20.8 Å². The largest absolute Gasteiger partial charge is 0.373 e. The number of nitrogens with one attached hydrogen (secondary N) is 1. The molecule has 0 saturated heterocycles. The van der Waals surface area contributed by atoms with Crippen molar-refractivity contribution in [2.75, 3.05) is 19.8 Å². The molecule has 16 heavy (non-hydrogen) atoms. The summed E-state index contributed by atoms with van der Waals surface area (Å²) in [6, 6.07) is -0.0986. The van der Waals surface area contributed by atoms with Gasteiger partial charge in [-0.25, -0.2) is 8.78 Å². The summed E-state index contributed by atoms with van der Waals surface area (Å²) in [6.07, 6.45) is -3.68. The maximum Gasteiger partial charge on any atom is 0.330 e. The first-order valence-corrected chi connectivity index (χ1v) is 5.28. The Morgan fingerprint density at radius 3 is 2.19 bits per heavy atom. The normalized spacial score (nSPS) is 14.8. The van der Waals surface area contributed by atoms with E-state index in [1.165, 1.54) is 0 Å². The molecule has 0 aliphatic carbocycles. The number of hydrogen-bond acceptors (Lipinski definition) is 2. The van der Waals surface area contributed by atoms with Crippen molar-refractivity contribution in [3.63, 3.8) is 0 Å². The lowest BCUT2D eigenvalue weighted by Gasteiger charge is -2.23. The van der Waals surface area contributed by atoms with Crippen molar-refractivity contribution in [2.45, 2.75) is 39.2 Å². The summed E-state index contributed by atoms with van der Waals surface area (Å²) in [5.41, 5.74) is 0. The topological polar surface area (TPSA) is 21.3 Å². The van der Waals surface area contributed by atoms with Crippen LogP contribution < -0.4 is 5.32 Å². The predicted octanol–water partition coefficient (Wildman–Crippen LogP) is 2.54. The molecule has 0 aromatic rings. The van der Waals surface area contributed by atoms with Gasteiger partial charge in [0, 0.05) is 6.04 Å². The highest BCUT2D eigenvalue weighted by Crippen LogP contribution is 2.23. The first-order valence-electron chi connectivity index (χ1n) is 5.28. The minimum absolute atomic E-state index is 0.00775. The molecule has 6 heteroatoms. The molecule has 1 atom stereocenters. The van der Waals surface area contributed by atoms with Crippen LogP contribution in [0, 0.1) is 5.92 Å². The molecule has 0 aromatic heterocycles. The fourth-order valence-electron chi connectivity index (χ4n) is 1.13. The van der Waals surface area contributed by atoms with E-state index in [9.17, 15) is 17.6 Å². The maximum absolute atomic E-state index is 12.5. The molecule has 0 rings (SSSR count). The van der Waals surface area contributed by atoms with Crippen molar-refractivity contribution in [3.05, 3.63) is 0 Å². The van der Waals surface area contributed by atoms with Crippen LogP contribution >= 0.6 is 0 Å². The molecule has 0 aliphatic rings. The Balaban J connectivity index is 3.94. The van der Waals surface area contributed by atoms with Gasteiger partial charge in [0.2, 0.25) is 0 Å². The standard InChI is InChI=1S/C10H19F4NO/c1-4-15-8(7(2)3)5-16-6-10(13,14)9(11)12/h7-9,15H,4-6H2,1-3H3. The van der Waals surface area contributed by atoms with Crippen LogP contribution in [0.3, 0.4) is 0 Å². The lowest BCUT2D eigenvalue weighted by molar-refractivity contribution is -0.167. The summed E-state index contributed by atoms with van der Waals surface area (Å²) in [7, 11) is 0. The lowest BCUT2D eigenvalue weighted by Crippen LogP contribution is -2.40. The van der Waals surface area contributed by atoms with Crippen LogP contribution in [0.5, 0.6) is 0 Å². The molecule has 98 valence electrons. The Bertz CT molecular complexity index is 188. The van der Waals surface area contributed by atoms with E-state index >= 15 is 0 Å². The Morgan fingerprint density at radius 2 is 1.81 bits per heavy atom. The van der Waals surface area contributed by atoms with Crippen LogP contribution in [0.2, 0.25) is 0 Å². The minimum atomic E-state index is -4.06. The first kappa shape index (κ1) is 15.6. The lowest BCUT2D eigenvalue weighted by atomic mass is 10.1. The van der Waals surface area contributed by atoms with Gasteiger partial charge in [-0.3, -0.25) is 0 Å². The van der Waals surface area contributed by atoms with Gasteiger partial charge in [-0.15, -0.1) is 0 Å². The van der Waals surface area contributed by atoms with E-state index in [4.69, 9.17) is 0 Å². The molecule has 0 heterocycles. The summed E-state index contributed by atoms with van der Waals surface area (Å²) < 4.78 is 53.2. The van der Waals surface area contributed by atoms with Gasteiger partial charge in [0.25, 0.3) is 0 Å². The van der Waals surface area contributed by atoms with Crippen LogP contribution in [-0.4, -0.2) is 38.1 Å². The Labute approximate surface area is 93.3 Å². The van der Waals surface area contributed by atoms with E-state index in [1.807, 2.05) is 20.8 Å². The summed E-state index contributed by atoms with van der Waals surface area (Å²) in [5.74, 6) is -3.87. The van der Waals surface area contributed by atoms with Crippen molar-refractivity contribution in [2.24, 2.45) is 5.92 Å². The molecule has 1 unspecified atom stereocenters. The smallest absolute Gasteiger partial charge is 0.330 e. The third-order valence-corrected chi connectivity index (χ3v) is 2.18. The number of alkyl halides is 4. The third-order valence-electron chi connectivity index (χ3n) is 2.18. The van der Waals surface area contributed by atoms with E-state index in [1.54, 1.807) is 0 Å². The SMILES string of the molecule is CCNC(COCC(F)(F)C(F)F)C(C)C. The van der Waals surface area contributed by atoms with Gasteiger partial charge >= 0.3 is 12.3 Å². The van der Waals surface area contributed by atoms with Crippen LogP contribution in [0.25, 0.3) is 0 Å². The van der Waals surface area contributed by atoms with Gasteiger partial charge < -0.3 is 10.1 Å². The van der Waals surface area contributed by atoms with Gasteiger partial charge in [-0.05, 0) is 12.5 Å². The predicted molar refractivity (Wildman–Crippen MR) is 54.1 cm³/mol. The van der Waals surface area contributed by atoms with E-state index in [2.05, 4.69) is 10.1 Å². The van der Waals surface area contributed by atoms with Crippen LogP contribution in [-0.2, 0) is 4.74 Å². The molecule has 0 spiro atoms. The number of likely N-dealkylation sites (N-methyl/N-ethyl adjacent to an activating group) is 1. The van der Waals surface area contributed by atoms with E-state index in [0.717, 1.165) is 0 Å². The van der Waals surface area contributed by atoms with Crippen molar-refractivity contribution >= 4 is 0 Å². The molecule has 0 aromatic carbocycles. The second-order valence-corrected chi connectivity index (χ2v) is 3.99. The van der Waals surface area contributed by atoms with Gasteiger partial charge in [0.1, 0.15) is 6.61 Å². The van der Waals surface area contributed by atoms with Crippen LogP contribution in [0.15, 0.2) is 0 Å². The molecule has 0 bridgehead atoms. The first-order chi connectivity index (χ1) is 7.31. The van der Waals surface area contributed by atoms with Gasteiger partial charge in [-0.2, -0.15) is 8.78 Å². The number of halogens is 4. The molecule has 0 radical (unpaired) electrons. The minimum Gasteiger partial charge on any atom is -0.373 e. The van der Waals surface area contributed by atoms with E-state index in [0.29, 0.717) is 6.54 Å². The molecule has 0 saturated carbocycles. The third kappa shape index (κ3) is 5.65. The van der Waals surface area contributed by atoms with Gasteiger partial charge in [0.15, 0.2) is 0 Å². The number of rotatable bonds is 8. The highest BCUT2D eigenvalue weighted by Gasteiger charge is 2.41. The molecular weight excluding hydrogens is 226 g/mol. The monoisotopic (exact) mass is 245 g/mol. The van der Waals surface area contributed by atoms with Crippen molar-refractivity contribution in [3.8, 4) is 0 Å². The zero-order valence-electron chi connectivity index (χ0n) is 9.77. The molecule has 0 aliphatic heterocycles. The van der Waals surface area contributed by atoms with Crippen LogP contribution in [0.4, 0.5) is 17.6 Å². The van der Waals surface area contributed by atoms with Crippen LogP contribution in [0.1, 0.15) is 20.8 Å². The fourth-order valence-corrected chi connectivity index (χ4v) is 1.13. The second-order valence-electron chi connectivity index (χ2n) is 3.99. The average Bonchev–Trinajstić information content (AvgIpc) is 2.15. The highest BCUT2D eigenvalue weighted by molar-refractivity contribution is 4.72. The molecule has 0 amide bonds. The van der Waals surface area contributed by atoms with E-state index in [-0.39, 0.29) is 18.6 Å². The zero-order chi connectivity index (χ0) is 12.8. The second kappa shape index (κ2) is 7.06. The van der Waals surface area contributed by atoms with Crippen molar-refractivity contribution in [1.82, 2.24) is 5.32 Å². The number of hydrogen-bond donors (Lipinski definition) is 1. The fraction of sp³-hybridized carbons (Fsp3) is 1.00. The van der Waals surface area contributed by atoms with Crippen molar-refractivity contribution < 1.29 is 22.3 Å². The summed E-state index contributed by atoms with van der Waals surface area (Å²) >= 11 is 0. The summed E-state index contributed by atoms with van der Waals surface area (Å²) in [5, 5.41) is 3.04. The van der Waals surface area contributed by atoms with Crippen molar-refractivity contribution in [1.29, 1.82) is 0 Å². The maximum atomic E-state index is 12.5. The molecule has 0 fully saturated rings. The van der Waals surface area contributed by atoms with E-state index < -0.39 is 19.0 Å². The average molecular weight is 245 g/mol. The summed E-state index contributed by atoms with van der Waals surface area (Å²) in [4.78, 5) is 0. The quantitative estimate of drug-likeness (QED) is 0.663. The Kier molecular flexibility index (Phi) is 6.90. The Morgan fingerprint density at radius 1 is 1.25 bits per heavy atom. The molecular formula is C10H19F4NO. The highest BCUT2D eigenvalue weighted by atomic mass is 19.3. The molecule has 2 nitrogen and oxygen atoms in total.